The normalized spacial score (nSPS) is 12.7. The van der Waals surface area contributed by atoms with Gasteiger partial charge >= 0.3 is 0 Å². The third kappa shape index (κ3) is 4.03. The molecule has 0 radical (unpaired) electrons. The van der Waals surface area contributed by atoms with Crippen LogP contribution in [-0.2, 0) is 10.0 Å². The summed E-state index contributed by atoms with van der Waals surface area (Å²) >= 11 is 0. The van der Waals surface area contributed by atoms with Gasteiger partial charge in [-0.05, 0) is 38.3 Å². The zero-order chi connectivity index (χ0) is 14.7. The van der Waals surface area contributed by atoms with Gasteiger partial charge in [0.1, 0.15) is 0 Å². The van der Waals surface area contributed by atoms with Gasteiger partial charge < -0.3 is 5.73 Å². The number of hydrogen-bond acceptors (Lipinski definition) is 3. The quantitative estimate of drug-likeness (QED) is 0.840. The van der Waals surface area contributed by atoms with Crippen molar-refractivity contribution in [1.82, 2.24) is 4.72 Å². The molecule has 1 rings (SSSR count). The molecule has 0 saturated heterocycles. The van der Waals surface area contributed by atoms with Crippen LogP contribution in [0, 0.1) is 13.8 Å². The van der Waals surface area contributed by atoms with Crippen LogP contribution < -0.4 is 10.5 Å². The lowest BCUT2D eigenvalue weighted by Gasteiger charge is -2.26. The van der Waals surface area contributed by atoms with E-state index in [0.717, 1.165) is 24.0 Å². The van der Waals surface area contributed by atoms with Crippen LogP contribution >= 0.6 is 0 Å². The van der Waals surface area contributed by atoms with Crippen LogP contribution in [0.1, 0.15) is 37.8 Å². The highest BCUT2D eigenvalue weighted by Gasteiger charge is 2.24. The third-order valence-electron chi connectivity index (χ3n) is 3.64. The van der Waals surface area contributed by atoms with Gasteiger partial charge in [0.15, 0.2) is 0 Å². The van der Waals surface area contributed by atoms with Crippen molar-refractivity contribution >= 4 is 10.0 Å². The summed E-state index contributed by atoms with van der Waals surface area (Å²) < 4.78 is 27.2. The summed E-state index contributed by atoms with van der Waals surface area (Å²) in [6, 6.07) is 5.31. The van der Waals surface area contributed by atoms with Gasteiger partial charge in [-0.3, -0.25) is 0 Å². The molecule has 1 aromatic rings. The molecule has 1 aromatic carbocycles. The maximum atomic E-state index is 12.3. The van der Waals surface area contributed by atoms with Crippen LogP contribution in [0.5, 0.6) is 0 Å². The highest BCUT2D eigenvalue weighted by Crippen LogP contribution is 2.17. The van der Waals surface area contributed by atoms with Gasteiger partial charge in [0.2, 0.25) is 10.0 Å². The van der Waals surface area contributed by atoms with Crippen molar-refractivity contribution in [2.75, 3.05) is 6.54 Å². The van der Waals surface area contributed by atoms with Gasteiger partial charge in [-0.25, -0.2) is 13.1 Å². The first-order chi connectivity index (χ1) is 8.74. The molecule has 0 aliphatic carbocycles. The zero-order valence-corrected chi connectivity index (χ0v) is 13.0. The molecule has 0 unspecified atom stereocenters. The second-order valence-electron chi connectivity index (χ2n) is 5.16. The minimum absolute atomic E-state index is 0.260. The average molecular weight is 284 g/mol. The second kappa shape index (κ2) is 6.03. The van der Waals surface area contributed by atoms with Crippen molar-refractivity contribution in [2.45, 2.75) is 51.0 Å². The first-order valence-electron chi connectivity index (χ1n) is 6.60. The monoisotopic (exact) mass is 284 g/mol. The highest BCUT2D eigenvalue weighted by atomic mass is 32.2. The fourth-order valence-corrected chi connectivity index (χ4v) is 3.28. The predicted octanol–water partition coefficient (Wildman–Crippen LogP) is 2.10. The van der Waals surface area contributed by atoms with Crippen molar-refractivity contribution in [3.05, 3.63) is 29.3 Å². The number of aryl methyl sites for hydroxylation is 2. The Balaban J connectivity index is 2.93. The fraction of sp³-hybridized carbons (Fsp3) is 0.571. The van der Waals surface area contributed by atoms with Crippen molar-refractivity contribution in [3.8, 4) is 0 Å². The van der Waals surface area contributed by atoms with E-state index in [1.165, 1.54) is 0 Å². The molecule has 0 bridgehead atoms. The molecule has 19 heavy (non-hydrogen) atoms. The van der Waals surface area contributed by atoms with E-state index < -0.39 is 15.6 Å². The van der Waals surface area contributed by atoms with E-state index in [1.54, 1.807) is 19.1 Å². The number of hydrogen-bond donors (Lipinski definition) is 2. The first kappa shape index (κ1) is 16.1. The van der Waals surface area contributed by atoms with Crippen molar-refractivity contribution < 1.29 is 8.42 Å². The Labute approximate surface area is 116 Å². The molecule has 0 saturated carbocycles. The standard InChI is InChI=1S/C14H24N2O2S/c1-5-14(15,6-2)10-16-19(17,18)13-8-7-11(3)9-12(13)4/h7-9,16H,5-6,10,15H2,1-4H3. The fourth-order valence-electron chi connectivity index (χ4n) is 1.92. The third-order valence-corrected chi connectivity index (χ3v) is 5.20. The summed E-state index contributed by atoms with van der Waals surface area (Å²) in [6.45, 7) is 7.94. The van der Waals surface area contributed by atoms with E-state index in [9.17, 15) is 8.42 Å². The Bertz CT molecular complexity index is 534. The van der Waals surface area contributed by atoms with Crippen molar-refractivity contribution in [1.29, 1.82) is 0 Å². The van der Waals surface area contributed by atoms with Gasteiger partial charge in [0.05, 0.1) is 4.90 Å². The molecule has 3 N–H and O–H groups in total. The summed E-state index contributed by atoms with van der Waals surface area (Å²) in [5, 5.41) is 0. The van der Waals surface area contributed by atoms with E-state index in [0.29, 0.717) is 4.90 Å². The molecular weight excluding hydrogens is 260 g/mol. The van der Waals surface area contributed by atoms with Crippen molar-refractivity contribution in [2.24, 2.45) is 5.73 Å². The van der Waals surface area contributed by atoms with Gasteiger partial charge in [0.25, 0.3) is 0 Å². The Morgan fingerprint density at radius 2 is 1.79 bits per heavy atom. The number of nitrogens with one attached hydrogen (secondary N) is 1. The van der Waals surface area contributed by atoms with Crippen LogP contribution in [0.3, 0.4) is 0 Å². The number of benzene rings is 1. The van der Waals surface area contributed by atoms with Crippen molar-refractivity contribution in [3.63, 3.8) is 0 Å². The van der Waals surface area contributed by atoms with Crippen LogP contribution in [0.4, 0.5) is 0 Å². The van der Waals surface area contributed by atoms with Crippen LogP contribution in [0.25, 0.3) is 0 Å². The summed E-state index contributed by atoms with van der Waals surface area (Å²) in [4.78, 5) is 0.327. The van der Waals surface area contributed by atoms with Crippen LogP contribution in [0.2, 0.25) is 0 Å². The van der Waals surface area contributed by atoms with E-state index in [4.69, 9.17) is 5.73 Å². The van der Waals surface area contributed by atoms with E-state index in [2.05, 4.69) is 4.72 Å². The molecule has 108 valence electrons. The molecule has 0 fully saturated rings. The van der Waals surface area contributed by atoms with E-state index in [1.807, 2.05) is 26.8 Å². The summed E-state index contributed by atoms with van der Waals surface area (Å²) in [5.74, 6) is 0. The maximum absolute atomic E-state index is 12.3. The molecule has 4 nitrogen and oxygen atoms in total. The Hall–Kier alpha value is -0.910. The number of sulfonamides is 1. The minimum atomic E-state index is -3.49. The molecule has 0 aromatic heterocycles. The SMILES string of the molecule is CCC(N)(CC)CNS(=O)(=O)c1ccc(C)cc1C. The maximum Gasteiger partial charge on any atom is 0.240 e. The van der Waals surface area contributed by atoms with Crippen LogP contribution in [0.15, 0.2) is 23.1 Å². The van der Waals surface area contributed by atoms with Gasteiger partial charge in [-0.1, -0.05) is 31.5 Å². The molecule has 0 spiro atoms. The molecule has 0 heterocycles. The topological polar surface area (TPSA) is 72.2 Å². The summed E-state index contributed by atoms with van der Waals surface area (Å²) in [5.41, 5.74) is 7.44. The Morgan fingerprint density at radius 1 is 1.21 bits per heavy atom. The lowest BCUT2D eigenvalue weighted by molar-refractivity contribution is 0.391. The lowest BCUT2D eigenvalue weighted by Crippen LogP contribution is -2.49. The molecule has 5 heteroatoms. The molecule has 0 atom stereocenters. The predicted molar refractivity (Wildman–Crippen MR) is 78.6 cm³/mol. The smallest absolute Gasteiger partial charge is 0.240 e. The number of nitrogens with two attached hydrogens (primary N) is 1. The largest absolute Gasteiger partial charge is 0.324 e. The van der Waals surface area contributed by atoms with Gasteiger partial charge in [0, 0.05) is 12.1 Å². The Kier molecular flexibility index (Phi) is 5.12. The highest BCUT2D eigenvalue weighted by molar-refractivity contribution is 7.89. The van der Waals surface area contributed by atoms with Gasteiger partial charge in [-0.15, -0.1) is 0 Å². The molecule has 0 amide bonds. The Morgan fingerprint density at radius 3 is 2.26 bits per heavy atom. The minimum Gasteiger partial charge on any atom is -0.324 e. The zero-order valence-electron chi connectivity index (χ0n) is 12.2. The number of rotatable bonds is 6. The van der Waals surface area contributed by atoms with E-state index in [-0.39, 0.29) is 6.54 Å². The van der Waals surface area contributed by atoms with Crippen LogP contribution in [-0.4, -0.2) is 20.5 Å². The molecule has 0 aliphatic rings. The second-order valence-corrected chi connectivity index (χ2v) is 6.90. The summed E-state index contributed by atoms with van der Waals surface area (Å²) in [6.07, 6.45) is 1.47. The van der Waals surface area contributed by atoms with Gasteiger partial charge in [-0.2, -0.15) is 0 Å². The van der Waals surface area contributed by atoms with E-state index >= 15 is 0 Å². The summed E-state index contributed by atoms with van der Waals surface area (Å²) in [7, 11) is -3.49. The lowest BCUT2D eigenvalue weighted by atomic mass is 9.95. The average Bonchev–Trinajstić information content (AvgIpc) is 2.35. The first-order valence-corrected chi connectivity index (χ1v) is 8.08. The molecule has 0 aliphatic heterocycles. The molecular formula is C14H24N2O2S.